The van der Waals surface area contributed by atoms with E-state index in [1.165, 1.54) is 18.2 Å². The Bertz CT molecular complexity index is 423. The van der Waals surface area contributed by atoms with Crippen LogP contribution in [0.4, 0.5) is 4.39 Å². The summed E-state index contributed by atoms with van der Waals surface area (Å²) in [5, 5.41) is 10.1. The molecule has 0 aliphatic rings. The van der Waals surface area contributed by atoms with Crippen LogP contribution in [0, 0.1) is 11.7 Å². The summed E-state index contributed by atoms with van der Waals surface area (Å²) in [5.41, 5.74) is 0.489. The van der Waals surface area contributed by atoms with Gasteiger partial charge in [-0.2, -0.15) is 0 Å². The van der Waals surface area contributed by atoms with Crippen molar-refractivity contribution in [3.63, 3.8) is 0 Å². The van der Waals surface area contributed by atoms with Gasteiger partial charge in [0.2, 0.25) is 0 Å². The zero-order valence-electron chi connectivity index (χ0n) is 10.3. The van der Waals surface area contributed by atoms with Crippen LogP contribution >= 0.6 is 15.9 Å². The van der Waals surface area contributed by atoms with Crippen LogP contribution in [-0.4, -0.2) is 17.7 Å². The highest BCUT2D eigenvalue weighted by molar-refractivity contribution is 9.10. The van der Waals surface area contributed by atoms with Crippen molar-refractivity contribution in [3.05, 3.63) is 34.1 Å². The number of ether oxygens (including phenoxy) is 1. The lowest BCUT2D eigenvalue weighted by molar-refractivity contribution is -0.152. The van der Waals surface area contributed by atoms with Crippen molar-refractivity contribution in [2.75, 3.05) is 6.61 Å². The number of benzene rings is 1. The summed E-state index contributed by atoms with van der Waals surface area (Å²) in [6, 6.07) is 4.19. The van der Waals surface area contributed by atoms with E-state index in [-0.39, 0.29) is 11.1 Å². The Kier molecular flexibility index (Phi) is 5.75. The monoisotopic (exact) mass is 318 g/mol. The Morgan fingerprint density at radius 1 is 1.50 bits per heavy atom. The first kappa shape index (κ1) is 15.1. The fourth-order valence-corrected chi connectivity index (χ4v) is 2.09. The van der Waals surface area contributed by atoms with Crippen LogP contribution in [0.2, 0.25) is 0 Å². The first-order chi connectivity index (χ1) is 8.51. The summed E-state index contributed by atoms with van der Waals surface area (Å²) in [7, 11) is 0. The number of hydrogen-bond donors (Lipinski definition) is 1. The van der Waals surface area contributed by atoms with Gasteiger partial charge in [0.05, 0.1) is 23.1 Å². The molecule has 0 heterocycles. The van der Waals surface area contributed by atoms with Gasteiger partial charge in [-0.05, 0) is 47.0 Å². The number of esters is 1. The van der Waals surface area contributed by atoms with E-state index < -0.39 is 23.8 Å². The van der Waals surface area contributed by atoms with E-state index in [1.54, 1.807) is 13.8 Å². The number of aliphatic hydroxyl groups excluding tert-OH is 1. The fourth-order valence-electron chi connectivity index (χ4n) is 1.70. The van der Waals surface area contributed by atoms with Crippen molar-refractivity contribution >= 4 is 21.9 Å². The Hall–Kier alpha value is -0.940. The average Bonchev–Trinajstić information content (AvgIpc) is 2.33. The minimum atomic E-state index is -0.994. The van der Waals surface area contributed by atoms with E-state index in [4.69, 9.17) is 4.74 Å². The van der Waals surface area contributed by atoms with Crippen LogP contribution in [0.25, 0.3) is 0 Å². The molecule has 1 aromatic carbocycles. The molecule has 1 aromatic rings. The first-order valence-electron chi connectivity index (χ1n) is 5.80. The number of aliphatic hydroxyl groups is 1. The molecule has 5 heteroatoms. The number of carbonyl (C=O) groups excluding carboxylic acids is 1. The fraction of sp³-hybridized carbons (Fsp3) is 0.462. The topological polar surface area (TPSA) is 46.5 Å². The summed E-state index contributed by atoms with van der Waals surface area (Å²) >= 11 is 3.05. The van der Waals surface area contributed by atoms with Crippen molar-refractivity contribution in [1.29, 1.82) is 0 Å². The maximum atomic E-state index is 13.1. The van der Waals surface area contributed by atoms with Crippen molar-refractivity contribution in [1.82, 2.24) is 0 Å². The smallest absolute Gasteiger partial charge is 0.311 e. The first-order valence-corrected chi connectivity index (χ1v) is 6.60. The number of hydrogen-bond acceptors (Lipinski definition) is 3. The lowest BCUT2D eigenvalue weighted by Gasteiger charge is -2.20. The second-order valence-electron chi connectivity index (χ2n) is 3.89. The molecular formula is C13H16BrFO3. The van der Waals surface area contributed by atoms with E-state index >= 15 is 0 Å². The van der Waals surface area contributed by atoms with Crippen molar-refractivity contribution in [2.45, 2.75) is 26.4 Å². The third-order valence-corrected chi connectivity index (χ3v) is 3.30. The third-order valence-electron chi connectivity index (χ3n) is 2.70. The molecule has 0 radical (unpaired) electrons. The molecule has 1 rings (SSSR count). The van der Waals surface area contributed by atoms with E-state index in [2.05, 4.69) is 15.9 Å². The summed E-state index contributed by atoms with van der Waals surface area (Å²) < 4.78 is 18.3. The Labute approximate surface area is 114 Å². The van der Waals surface area contributed by atoms with Crippen molar-refractivity contribution in [3.8, 4) is 0 Å². The maximum absolute atomic E-state index is 13.1. The van der Waals surface area contributed by atoms with E-state index in [0.717, 1.165) is 0 Å². The van der Waals surface area contributed by atoms with Crippen LogP contribution in [0.1, 0.15) is 31.9 Å². The highest BCUT2D eigenvalue weighted by Gasteiger charge is 2.27. The molecule has 3 nitrogen and oxygen atoms in total. The van der Waals surface area contributed by atoms with E-state index in [9.17, 15) is 14.3 Å². The standard InChI is InChI=1S/C13H16BrFO3/c1-3-9(13(17)18-4-2)12(16)8-5-6-11(15)10(14)7-8/h5-7,9,12,16H,3-4H2,1-2H3. The Morgan fingerprint density at radius 2 is 2.17 bits per heavy atom. The van der Waals surface area contributed by atoms with Gasteiger partial charge in [-0.3, -0.25) is 4.79 Å². The van der Waals surface area contributed by atoms with Gasteiger partial charge in [-0.25, -0.2) is 4.39 Å². The zero-order valence-corrected chi connectivity index (χ0v) is 11.9. The largest absolute Gasteiger partial charge is 0.466 e. The van der Waals surface area contributed by atoms with Crippen LogP contribution < -0.4 is 0 Å². The van der Waals surface area contributed by atoms with Crippen LogP contribution in [-0.2, 0) is 9.53 Å². The molecule has 2 atom stereocenters. The van der Waals surface area contributed by atoms with Gasteiger partial charge >= 0.3 is 5.97 Å². The van der Waals surface area contributed by atoms with Gasteiger partial charge in [0.15, 0.2) is 0 Å². The molecule has 0 amide bonds. The SMILES string of the molecule is CCOC(=O)C(CC)C(O)c1ccc(F)c(Br)c1. The highest BCUT2D eigenvalue weighted by atomic mass is 79.9. The van der Waals surface area contributed by atoms with Gasteiger partial charge in [0.25, 0.3) is 0 Å². The minimum absolute atomic E-state index is 0.262. The molecule has 0 aromatic heterocycles. The third kappa shape index (κ3) is 3.53. The Morgan fingerprint density at radius 3 is 2.67 bits per heavy atom. The molecule has 0 spiro atoms. The van der Waals surface area contributed by atoms with Gasteiger partial charge in [-0.1, -0.05) is 13.0 Å². The van der Waals surface area contributed by atoms with Gasteiger partial charge in [0.1, 0.15) is 5.82 Å². The zero-order chi connectivity index (χ0) is 13.7. The highest BCUT2D eigenvalue weighted by Crippen LogP contribution is 2.28. The summed E-state index contributed by atoms with van der Waals surface area (Å²) in [6.45, 7) is 3.78. The van der Waals surface area contributed by atoms with E-state index in [1.807, 2.05) is 0 Å². The molecule has 2 unspecified atom stereocenters. The molecule has 0 fully saturated rings. The molecule has 0 saturated carbocycles. The second-order valence-corrected chi connectivity index (χ2v) is 4.74. The van der Waals surface area contributed by atoms with Gasteiger partial charge < -0.3 is 9.84 Å². The van der Waals surface area contributed by atoms with Gasteiger partial charge in [0, 0.05) is 0 Å². The predicted octanol–water partition coefficient (Wildman–Crippen LogP) is 3.21. The molecule has 1 N–H and O–H groups in total. The summed E-state index contributed by atoms with van der Waals surface area (Å²) in [6.07, 6.45) is -0.541. The summed E-state index contributed by atoms with van der Waals surface area (Å²) in [5.74, 6) is -1.48. The molecule has 0 aliphatic heterocycles. The average molecular weight is 319 g/mol. The van der Waals surface area contributed by atoms with Crippen molar-refractivity contribution < 1.29 is 19.0 Å². The molecule has 0 aliphatic carbocycles. The predicted molar refractivity (Wildman–Crippen MR) is 69.5 cm³/mol. The molecule has 100 valence electrons. The van der Waals surface area contributed by atoms with Crippen LogP contribution in [0.5, 0.6) is 0 Å². The molecule has 18 heavy (non-hydrogen) atoms. The lowest BCUT2D eigenvalue weighted by Crippen LogP contribution is -2.24. The minimum Gasteiger partial charge on any atom is -0.466 e. The summed E-state index contributed by atoms with van der Waals surface area (Å²) in [4.78, 5) is 11.7. The normalized spacial score (nSPS) is 14.1. The van der Waals surface area contributed by atoms with Gasteiger partial charge in [-0.15, -0.1) is 0 Å². The van der Waals surface area contributed by atoms with Crippen molar-refractivity contribution in [2.24, 2.45) is 5.92 Å². The molecular weight excluding hydrogens is 303 g/mol. The maximum Gasteiger partial charge on any atom is 0.311 e. The molecule has 0 bridgehead atoms. The second kappa shape index (κ2) is 6.85. The number of carbonyl (C=O) groups is 1. The molecule has 0 saturated heterocycles. The van der Waals surface area contributed by atoms with Crippen LogP contribution in [0.15, 0.2) is 22.7 Å². The quantitative estimate of drug-likeness (QED) is 0.848. The number of rotatable bonds is 5. The Balaban J connectivity index is 2.92. The lowest BCUT2D eigenvalue weighted by atomic mass is 9.93. The number of halogens is 2. The van der Waals surface area contributed by atoms with Crippen LogP contribution in [0.3, 0.4) is 0 Å². The van der Waals surface area contributed by atoms with E-state index in [0.29, 0.717) is 12.0 Å².